The van der Waals surface area contributed by atoms with Crippen LogP contribution in [-0.4, -0.2) is 12.5 Å². The average molecular weight is 339 g/mol. The minimum atomic E-state index is -0.0364. The Hall–Kier alpha value is -1.17. The summed E-state index contributed by atoms with van der Waals surface area (Å²) in [5.41, 5.74) is 0.804. The number of rotatable bonds is 5. The smallest absolute Gasteiger partial charge is 0.238 e. The molecule has 1 atom stereocenters. The van der Waals surface area contributed by atoms with Gasteiger partial charge in [-0.3, -0.25) is 4.79 Å². The van der Waals surface area contributed by atoms with E-state index in [1.165, 1.54) is 4.88 Å². The SMILES string of the molecule is CC(NCC(=O)Nc1ccc(Br)cc1)c1cccs1. The molecule has 0 aliphatic heterocycles. The number of thiophene rings is 1. The van der Waals surface area contributed by atoms with E-state index < -0.39 is 0 Å². The number of amides is 1. The summed E-state index contributed by atoms with van der Waals surface area (Å²) in [6, 6.07) is 11.8. The Kier molecular flexibility index (Phi) is 5.13. The maximum atomic E-state index is 11.8. The van der Waals surface area contributed by atoms with Crippen LogP contribution in [0.4, 0.5) is 5.69 Å². The molecule has 1 unspecified atom stereocenters. The van der Waals surface area contributed by atoms with Crippen LogP contribution < -0.4 is 10.6 Å². The van der Waals surface area contributed by atoms with Crippen LogP contribution in [-0.2, 0) is 4.79 Å². The highest BCUT2D eigenvalue weighted by Gasteiger charge is 2.08. The summed E-state index contributed by atoms with van der Waals surface area (Å²) in [7, 11) is 0. The van der Waals surface area contributed by atoms with Gasteiger partial charge in [0.2, 0.25) is 5.91 Å². The molecule has 1 aromatic heterocycles. The third-order valence-electron chi connectivity index (χ3n) is 2.67. The first kappa shape index (κ1) is 14.2. The lowest BCUT2D eigenvalue weighted by molar-refractivity contribution is -0.115. The number of carbonyl (C=O) groups is 1. The topological polar surface area (TPSA) is 41.1 Å². The molecule has 0 fully saturated rings. The zero-order valence-corrected chi connectivity index (χ0v) is 12.9. The second-order valence-electron chi connectivity index (χ2n) is 4.17. The van der Waals surface area contributed by atoms with Crippen LogP contribution in [0.5, 0.6) is 0 Å². The highest BCUT2D eigenvalue weighted by atomic mass is 79.9. The number of nitrogens with one attached hydrogen (secondary N) is 2. The van der Waals surface area contributed by atoms with Crippen LogP contribution in [0.15, 0.2) is 46.3 Å². The van der Waals surface area contributed by atoms with Gasteiger partial charge < -0.3 is 10.6 Å². The Labute approximate surface area is 125 Å². The van der Waals surface area contributed by atoms with Gasteiger partial charge in [0.15, 0.2) is 0 Å². The van der Waals surface area contributed by atoms with Gasteiger partial charge in [0, 0.05) is 21.1 Å². The fraction of sp³-hybridized carbons (Fsp3) is 0.214. The first-order chi connectivity index (χ1) is 9.15. The van der Waals surface area contributed by atoms with E-state index in [2.05, 4.69) is 39.6 Å². The Morgan fingerprint density at radius 3 is 2.68 bits per heavy atom. The van der Waals surface area contributed by atoms with Crippen LogP contribution in [0.2, 0.25) is 0 Å². The van der Waals surface area contributed by atoms with Crippen molar-refractivity contribution >= 4 is 38.9 Å². The molecule has 0 spiro atoms. The minimum Gasteiger partial charge on any atom is -0.325 e. The van der Waals surface area contributed by atoms with Crippen molar-refractivity contribution in [3.63, 3.8) is 0 Å². The normalized spacial score (nSPS) is 12.1. The van der Waals surface area contributed by atoms with Gasteiger partial charge in [-0.25, -0.2) is 0 Å². The number of carbonyl (C=O) groups excluding carboxylic acids is 1. The van der Waals surface area contributed by atoms with Gasteiger partial charge in [-0.15, -0.1) is 11.3 Å². The second kappa shape index (κ2) is 6.84. The first-order valence-electron chi connectivity index (χ1n) is 5.97. The predicted octanol–water partition coefficient (Wildman–Crippen LogP) is 3.80. The molecule has 0 aliphatic rings. The molecule has 0 aliphatic carbocycles. The van der Waals surface area contributed by atoms with E-state index in [9.17, 15) is 4.79 Å². The van der Waals surface area contributed by atoms with E-state index in [1.54, 1.807) is 11.3 Å². The van der Waals surface area contributed by atoms with Crippen molar-refractivity contribution in [3.8, 4) is 0 Å². The van der Waals surface area contributed by atoms with Crippen molar-refractivity contribution in [1.29, 1.82) is 0 Å². The summed E-state index contributed by atoms with van der Waals surface area (Å²) in [6.07, 6.45) is 0. The largest absolute Gasteiger partial charge is 0.325 e. The third-order valence-corrected chi connectivity index (χ3v) is 4.25. The zero-order chi connectivity index (χ0) is 13.7. The monoisotopic (exact) mass is 338 g/mol. The van der Waals surface area contributed by atoms with Gasteiger partial charge in [0.05, 0.1) is 6.54 Å². The van der Waals surface area contributed by atoms with Crippen molar-refractivity contribution in [2.24, 2.45) is 0 Å². The molecule has 2 rings (SSSR count). The van der Waals surface area contributed by atoms with E-state index in [0.29, 0.717) is 6.54 Å². The second-order valence-corrected chi connectivity index (χ2v) is 6.07. The van der Waals surface area contributed by atoms with Crippen molar-refractivity contribution in [2.75, 3.05) is 11.9 Å². The zero-order valence-electron chi connectivity index (χ0n) is 10.5. The highest BCUT2D eigenvalue weighted by molar-refractivity contribution is 9.10. The number of hydrogen-bond acceptors (Lipinski definition) is 3. The standard InChI is InChI=1S/C14H15BrN2OS/c1-10(13-3-2-8-19-13)16-9-14(18)17-12-6-4-11(15)5-7-12/h2-8,10,16H,9H2,1H3,(H,17,18). The molecule has 1 amide bonds. The maximum Gasteiger partial charge on any atom is 0.238 e. The van der Waals surface area contributed by atoms with Gasteiger partial charge in [-0.05, 0) is 42.6 Å². The molecule has 100 valence electrons. The van der Waals surface area contributed by atoms with Gasteiger partial charge in [-0.2, -0.15) is 0 Å². The molecule has 0 saturated heterocycles. The van der Waals surface area contributed by atoms with E-state index >= 15 is 0 Å². The average Bonchev–Trinajstić information content (AvgIpc) is 2.93. The van der Waals surface area contributed by atoms with Crippen molar-refractivity contribution in [3.05, 3.63) is 51.1 Å². The van der Waals surface area contributed by atoms with Gasteiger partial charge in [-0.1, -0.05) is 22.0 Å². The Balaban J connectivity index is 1.80. The van der Waals surface area contributed by atoms with Crippen LogP contribution in [0, 0.1) is 0 Å². The Morgan fingerprint density at radius 2 is 2.05 bits per heavy atom. The van der Waals surface area contributed by atoms with Gasteiger partial charge in [0.1, 0.15) is 0 Å². The molecular formula is C14H15BrN2OS. The van der Waals surface area contributed by atoms with Gasteiger partial charge >= 0.3 is 0 Å². The quantitative estimate of drug-likeness (QED) is 0.870. The van der Waals surface area contributed by atoms with Crippen LogP contribution in [0.25, 0.3) is 0 Å². The summed E-state index contributed by atoms with van der Waals surface area (Å²) in [4.78, 5) is 13.0. The molecule has 0 radical (unpaired) electrons. The van der Waals surface area contributed by atoms with E-state index in [4.69, 9.17) is 0 Å². The molecule has 19 heavy (non-hydrogen) atoms. The van der Waals surface area contributed by atoms with E-state index in [1.807, 2.05) is 35.7 Å². The van der Waals surface area contributed by atoms with Crippen molar-refractivity contribution < 1.29 is 4.79 Å². The minimum absolute atomic E-state index is 0.0364. The van der Waals surface area contributed by atoms with E-state index in [-0.39, 0.29) is 11.9 Å². The molecule has 1 heterocycles. The molecule has 3 nitrogen and oxygen atoms in total. The van der Waals surface area contributed by atoms with Gasteiger partial charge in [0.25, 0.3) is 0 Å². The molecule has 2 N–H and O–H groups in total. The lowest BCUT2D eigenvalue weighted by Crippen LogP contribution is -2.29. The van der Waals surface area contributed by atoms with Crippen molar-refractivity contribution in [2.45, 2.75) is 13.0 Å². The summed E-state index contributed by atoms with van der Waals surface area (Å²) in [5, 5.41) is 8.09. The summed E-state index contributed by atoms with van der Waals surface area (Å²) >= 11 is 5.05. The van der Waals surface area contributed by atoms with E-state index in [0.717, 1.165) is 10.2 Å². The predicted molar refractivity (Wildman–Crippen MR) is 83.5 cm³/mol. The number of anilines is 1. The lowest BCUT2D eigenvalue weighted by atomic mass is 10.2. The number of hydrogen-bond donors (Lipinski definition) is 2. The summed E-state index contributed by atoms with van der Waals surface area (Å²) in [5.74, 6) is -0.0364. The Morgan fingerprint density at radius 1 is 1.32 bits per heavy atom. The lowest BCUT2D eigenvalue weighted by Gasteiger charge is -2.12. The van der Waals surface area contributed by atoms with Crippen LogP contribution >= 0.6 is 27.3 Å². The number of halogens is 1. The van der Waals surface area contributed by atoms with Crippen molar-refractivity contribution in [1.82, 2.24) is 5.32 Å². The van der Waals surface area contributed by atoms with Crippen LogP contribution in [0.1, 0.15) is 17.8 Å². The first-order valence-corrected chi connectivity index (χ1v) is 7.64. The third kappa shape index (κ3) is 4.45. The summed E-state index contributed by atoms with van der Waals surface area (Å²) in [6.45, 7) is 2.36. The summed E-state index contributed by atoms with van der Waals surface area (Å²) < 4.78 is 0.995. The molecule has 0 bridgehead atoms. The van der Waals surface area contributed by atoms with Crippen LogP contribution in [0.3, 0.4) is 0 Å². The maximum absolute atomic E-state index is 11.8. The fourth-order valence-corrected chi connectivity index (χ4v) is 2.65. The number of benzene rings is 1. The fourth-order valence-electron chi connectivity index (χ4n) is 1.62. The molecule has 1 aromatic carbocycles. The molecule has 2 aromatic rings. The Bertz CT molecular complexity index is 525. The molecule has 5 heteroatoms. The molecule has 0 saturated carbocycles. The molecular weight excluding hydrogens is 324 g/mol. The highest BCUT2D eigenvalue weighted by Crippen LogP contribution is 2.18.